The highest BCUT2D eigenvalue weighted by Crippen LogP contribution is 2.31. The van der Waals surface area contributed by atoms with Crippen molar-refractivity contribution < 1.29 is 22.7 Å². The highest BCUT2D eigenvalue weighted by Gasteiger charge is 2.39. The lowest BCUT2D eigenvalue weighted by atomic mass is 9.80. The van der Waals surface area contributed by atoms with Crippen molar-refractivity contribution in [1.29, 1.82) is 0 Å². The van der Waals surface area contributed by atoms with E-state index < -0.39 is 17.2 Å². The van der Waals surface area contributed by atoms with Crippen molar-refractivity contribution >= 4 is 23.8 Å². The van der Waals surface area contributed by atoms with Crippen molar-refractivity contribution in [2.24, 2.45) is 0 Å². The summed E-state index contributed by atoms with van der Waals surface area (Å²) in [5.41, 5.74) is 1.66. The van der Waals surface area contributed by atoms with Gasteiger partial charge in [-0.1, -0.05) is 48.5 Å². The molecule has 0 bridgehead atoms. The zero-order valence-corrected chi connectivity index (χ0v) is 19.3. The zero-order valence-electron chi connectivity index (χ0n) is 19.3. The molecule has 0 aliphatic carbocycles. The molecule has 0 aliphatic heterocycles. The first-order chi connectivity index (χ1) is 16.7. The van der Waals surface area contributed by atoms with Crippen molar-refractivity contribution in [3.05, 3.63) is 101 Å². The number of benzene rings is 2. The molecule has 0 radical (unpaired) electrons. The van der Waals surface area contributed by atoms with Gasteiger partial charge in [0, 0.05) is 11.8 Å². The summed E-state index contributed by atoms with van der Waals surface area (Å²) in [6.45, 7) is 3.84. The van der Waals surface area contributed by atoms with Gasteiger partial charge < -0.3 is 4.74 Å². The third-order valence-corrected chi connectivity index (χ3v) is 5.81. The van der Waals surface area contributed by atoms with Crippen molar-refractivity contribution in [3.8, 4) is 0 Å². The summed E-state index contributed by atoms with van der Waals surface area (Å²) in [5.74, 6) is -0.367. The summed E-state index contributed by atoms with van der Waals surface area (Å²) >= 11 is 0. The molecule has 0 saturated carbocycles. The standard InChI is InChI=1S/C27H24F3N3O2/c1-3-35-25(34)26(2,17-20-7-5-4-6-8-20)23-15-16-31-24-21(18-32-33(23)24)12-9-19-10-13-22(14-11-19)27(28,29)30/h4-16,18H,3,17H2,1-2H3. The second-order valence-corrected chi connectivity index (χ2v) is 8.33. The Morgan fingerprint density at radius 3 is 2.40 bits per heavy atom. The number of alkyl halides is 3. The number of ether oxygens (including phenoxy) is 1. The van der Waals surface area contributed by atoms with Crippen LogP contribution in [0.15, 0.2) is 73.1 Å². The van der Waals surface area contributed by atoms with Crippen LogP contribution in [-0.4, -0.2) is 27.2 Å². The van der Waals surface area contributed by atoms with Crippen molar-refractivity contribution in [1.82, 2.24) is 14.6 Å². The summed E-state index contributed by atoms with van der Waals surface area (Å²) < 4.78 is 45.5. The normalized spacial score (nSPS) is 13.7. The van der Waals surface area contributed by atoms with Crippen LogP contribution < -0.4 is 0 Å². The molecule has 0 spiro atoms. The van der Waals surface area contributed by atoms with E-state index in [9.17, 15) is 18.0 Å². The van der Waals surface area contributed by atoms with Crippen LogP contribution in [0, 0.1) is 0 Å². The number of halogens is 3. The van der Waals surface area contributed by atoms with Gasteiger partial charge in [0.1, 0.15) is 5.41 Å². The minimum Gasteiger partial charge on any atom is -0.465 e. The number of carbonyl (C=O) groups excluding carboxylic acids is 1. The van der Waals surface area contributed by atoms with Crippen molar-refractivity contribution in [2.45, 2.75) is 31.9 Å². The Bertz CT molecular complexity index is 1350. The quantitative estimate of drug-likeness (QED) is 0.306. The topological polar surface area (TPSA) is 56.5 Å². The molecule has 8 heteroatoms. The van der Waals surface area contributed by atoms with Gasteiger partial charge in [-0.05, 0) is 55.7 Å². The summed E-state index contributed by atoms with van der Waals surface area (Å²) in [5, 5.41) is 4.47. The number of rotatable bonds is 7. The monoisotopic (exact) mass is 479 g/mol. The minimum absolute atomic E-state index is 0.248. The van der Waals surface area contributed by atoms with E-state index in [1.807, 2.05) is 37.3 Å². The predicted molar refractivity (Wildman–Crippen MR) is 127 cm³/mol. The van der Waals surface area contributed by atoms with E-state index >= 15 is 0 Å². The molecule has 0 amide bonds. The molecule has 2 aromatic carbocycles. The zero-order chi connectivity index (χ0) is 25.1. The van der Waals surface area contributed by atoms with Gasteiger partial charge >= 0.3 is 12.1 Å². The minimum atomic E-state index is -4.38. The van der Waals surface area contributed by atoms with Crippen LogP contribution in [0.4, 0.5) is 13.2 Å². The van der Waals surface area contributed by atoms with Gasteiger partial charge in [0.15, 0.2) is 5.65 Å². The Hall–Kier alpha value is -3.94. The van der Waals surface area contributed by atoms with Crippen LogP contribution in [-0.2, 0) is 27.5 Å². The molecule has 2 aromatic heterocycles. The van der Waals surface area contributed by atoms with E-state index in [2.05, 4.69) is 10.1 Å². The number of hydrogen-bond acceptors (Lipinski definition) is 4. The molecule has 2 heterocycles. The molecular formula is C27H24F3N3O2. The maximum absolute atomic E-state index is 13.2. The lowest BCUT2D eigenvalue weighted by Crippen LogP contribution is -2.38. The largest absolute Gasteiger partial charge is 0.465 e. The molecule has 0 fully saturated rings. The van der Waals surface area contributed by atoms with Crippen LogP contribution in [0.3, 0.4) is 0 Å². The van der Waals surface area contributed by atoms with Gasteiger partial charge in [-0.3, -0.25) is 4.79 Å². The Balaban J connectivity index is 1.71. The summed E-state index contributed by atoms with van der Waals surface area (Å²) in [4.78, 5) is 17.6. The fourth-order valence-electron chi connectivity index (χ4n) is 3.98. The molecule has 0 saturated heterocycles. The van der Waals surface area contributed by atoms with E-state index in [0.717, 1.165) is 17.7 Å². The van der Waals surface area contributed by atoms with Crippen LogP contribution in [0.5, 0.6) is 0 Å². The van der Waals surface area contributed by atoms with Gasteiger partial charge in [-0.2, -0.15) is 18.3 Å². The second-order valence-electron chi connectivity index (χ2n) is 8.33. The number of aromatic nitrogens is 3. The molecule has 0 N–H and O–H groups in total. The fourth-order valence-corrected chi connectivity index (χ4v) is 3.98. The molecule has 5 nitrogen and oxygen atoms in total. The lowest BCUT2D eigenvalue weighted by molar-refractivity contribution is -0.149. The van der Waals surface area contributed by atoms with Gasteiger partial charge in [0.2, 0.25) is 0 Å². The number of carbonyl (C=O) groups is 1. The Labute approximate surface area is 200 Å². The number of fused-ring (bicyclic) bond motifs is 1. The third-order valence-electron chi connectivity index (χ3n) is 5.81. The maximum atomic E-state index is 13.2. The average molecular weight is 480 g/mol. The number of hydrogen-bond donors (Lipinski definition) is 0. The first kappa shape index (κ1) is 24.2. The highest BCUT2D eigenvalue weighted by molar-refractivity contribution is 5.83. The van der Waals surface area contributed by atoms with E-state index in [4.69, 9.17) is 4.74 Å². The van der Waals surface area contributed by atoms with Crippen LogP contribution in [0.1, 0.15) is 41.8 Å². The van der Waals surface area contributed by atoms with E-state index in [1.165, 1.54) is 12.1 Å². The van der Waals surface area contributed by atoms with Crippen LogP contribution >= 0.6 is 0 Å². The summed E-state index contributed by atoms with van der Waals surface area (Å²) in [6.07, 6.45) is 2.68. The van der Waals surface area contributed by atoms with E-state index in [-0.39, 0.29) is 12.6 Å². The Morgan fingerprint density at radius 2 is 1.74 bits per heavy atom. The lowest BCUT2D eigenvalue weighted by Gasteiger charge is -2.28. The number of nitrogens with zero attached hydrogens (tertiary/aromatic N) is 3. The number of esters is 1. The summed E-state index contributed by atoms with van der Waals surface area (Å²) in [7, 11) is 0. The average Bonchev–Trinajstić information content (AvgIpc) is 3.26. The molecular weight excluding hydrogens is 455 g/mol. The summed E-state index contributed by atoms with van der Waals surface area (Å²) in [6, 6.07) is 16.3. The van der Waals surface area contributed by atoms with Crippen molar-refractivity contribution in [3.63, 3.8) is 0 Å². The molecule has 4 rings (SSSR count). The van der Waals surface area contributed by atoms with Gasteiger partial charge in [0.25, 0.3) is 0 Å². The highest BCUT2D eigenvalue weighted by atomic mass is 19.4. The van der Waals surface area contributed by atoms with Gasteiger partial charge in [0.05, 0.1) is 24.1 Å². The van der Waals surface area contributed by atoms with Crippen LogP contribution in [0.25, 0.3) is 17.8 Å². The fraction of sp³-hybridized carbons (Fsp3) is 0.222. The molecule has 0 aliphatic rings. The molecule has 1 unspecified atom stereocenters. The maximum Gasteiger partial charge on any atom is 0.416 e. The third kappa shape index (κ3) is 5.11. The van der Waals surface area contributed by atoms with Gasteiger partial charge in [-0.25, -0.2) is 9.50 Å². The van der Waals surface area contributed by atoms with Gasteiger partial charge in [-0.15, -0.1) is 0 Å². The first-order valence-corrected chi connectivity index (χ1v) is 11.1. The molecule has 4 aromatic rings. The predicted octanol–water partition coefficient (Wildman–Crippen LogP) is 5.98. The smallest absolute Gasteiger partial charge is 0.416 e. The van der Waals surface area contributed by atoms with Crippen LogP contribution in [0.2, 0.25) is 0 Å². The molecule has 35 heavy (non-hydrogen) atoms. The van der Waals surface area contributed by atoms with E-state index in [1.54, 1.807) is 42.1 Å². The van der Waals surface area contributed by atoms with E-state index in [0.29, 0.717) is 28.9 Å². The van der Waals surface area contributed by atoms with Crippen molar-refractivity contribution in [2.75, 3.05) is 6.61 Å². The Morgan fingerprint density at radius 1 is 1.03 bits per heavy atom. The SMILES string of the molecule is CCOC(=O)C(C)(Cc1ccccc1)c1ccnc2c(C=Cc3ccc(C(F)(F)F)cc3)cnn12. The first-order valence-electron chi connectivity index (χ1n) is 11.1. The molecule has 1 atom stereocenters. The second kappa shape index (κ2) is 9.74. The Kier molecular flexibility index (Phi) is 6.73. The molecule has 180 valence electrons.